The van der Waals surface area contributed by atoms with Crippen molar-refractivity contribution in [3.8, 4) is 0 Å². The predicted molar refractivity (Wildman–Crippen MR) is 113 cm³/mol. The van der Waals surface area contributed by atoms with E-state index in [1.807, 2.05) is 0 Å². The molecule has 6 rings (SSSR count). The average molecular weight is 394 g/mol. The van der Waals surface area contributed by atoms with E-state index < -0.39 is 0 Å². The number of hydrogen-bond donors (Lipinski definition) is 2. The number of carbonyl (C=O) groups excluding carboxylic acids is 2. The summed E-state index contributed by atoms with van der Waals surface area (Å²) in [6.45, 7) is 4.28. The molecule has 2 saturated carbocycles. The number of aromatic amines is 1. The van der Waals surface area contributed by atoms with Crippen molar-refractivity contribution < 1.29 is 9.59 Å². The Bertz CT molecular complexity index is 968. The number of nitrogens with one attached hydrogen (secondary N) is 1. The van der Waals surface area contributed by atoms with Gasteiger partial charge >= 0.3 is 0 Å². The summed E-state index contributed by atoms with van der Waals surface area (Å²) in [6.07, 6.45) is 8.26. The molecule has 1 aromatic heterocycles. The number of carbonyl (C=O) groups is 2. The lowest BCUT2D eigenvalue weighted by atomic mass is 9.57. The normalized spacial score (nSPS) is 29.5. The Morgan fingerprint density at radius 1 is 1.28 bits per heavy atom. The molecule has 29 heavy (non-hydrogen) atoms. The van der Waals surface area contributed by atoms with E-state index in [2.05, 4.69) is 48.1 Å². The highest BCUT2D eigenvalue weighted by molar-refractivity contribution is 5.89. The molecule has 2 aromatic rings. The molecule has 3 heterocycles. The van der Waals surface area contributed by atoms with Crippen LogP contribution in [0, 0.1) is 5.41 Å². The van der Waals surface area contributed by atoms with Crippen molar-refractivity contribution in [2.45, 2.75) is 82.7 Å². The zero-order valence-electron chi connectivity index (χ0n) is 17.4. The number of nitrogens with zero attached hydrogens (tertiary/aromatic N) is 1. The zero-order chi connectivity index (χ0) is 20.3. The summed E-state index contributed by atoms with van der Waals surface area (Å²) in [5.74, 6) is 0.889. The van der Waals surface area contributed by atoms with Gasteiger partial charge in [0.15, 0.2) is 0 Å². The molecule has 4 aliphatic rings. The van der Waals surface area contributed by atoms with E-state index in [4.69, 9.17) is 5.73 Å². The third-order valence-electron chi connectivity index (χ3n) is 7.75. The largest absolute Gasteiger partial charge is 0.369 e. The Balaban J connectivity index is 1.36. The number of rotatable bonds is 6. The molecule has 5 heteroatoms. The summed E-state index contributed by atoms with van der Waals surface area (Å²) >= 11 is 0. The molecule has 4 fully saturated rings. The quantitative estimate of drug-likeness (QED) is 0.772. The van der Waals surface area contributed by atoms with Crippen LogP contribution in [0.15, 0.2) is 24.4 Å². The topological polar surface area (TPSA) is 79.2 Å². The van der Waals surface area contributed by atoms with E-state index in [-0.39, 0.29) is 35.2 Å². The van der Waals surface area contributed by atoms with Crippen molar-refractivity contribution >= 4 is 22.7 Å². The Hall–Kier alpha value is -2.30. The van der Waals surface area contributed by atoms with Crippen molar-refractivity contribution in [1.82, 2.24) is 9.88 Å². The number of aromatic nitrogens is 1. The molecule has 2 unspecified atom stereocenters. The van der Waals surface area contributed by atoms with Crippen LogP contribution < -0.4 is 5.73 Å². The lowest BCUT2D eigenvalue weighted by Crippen LogP contribution is -2.67. The van der Waals surface area contributed by atoms with Crippen LogP contribution in [0.5, 0.6) is 0 Å². The van der Waals surface area contributed by atoms with Crippen LogP contribution in [-0.2, 0) is 9.59 Å². The number of H-pyrrole nitrogens is 1. The van der Waals surface area contributed by atoms with Gasteiger partial charge in [0.25, 0.3) is 0 Å². The monoisotopic (exact) mass is 393 g/mol. The van der Waals surface area contributed by atoms with Gasteiger partial charge in [-0.2, -0.15) is 0 Å². The fraction of sp³-hybridized carbons (Fsp3) is 0.583. The molecule has 0 radical (unpaired) electrons. The molecule has 154 valence electrons. The van der Waals surface area contributed by atoms with Crippen molar-refractivity contribution in [3.63, 3.8) is 0 Å². The fourth-order valence-electron chi connectivity index (χ4n) is 5.94. The maximum atomic E-state index is 13.3. The van der Waals surface area contributed by atoms with Gasteiger partial charge in [0.2, 0.25) is 11.8 Å². The highest BCUT2D eigenvalue weighted by atomic mass is 16.2. The number of fused-ring (bicyclic) bond motifs is 3. The van der Waals surface area contributed by atoms with E-state index in [0.29, 0.717) is 12.3 Å². The van der Waals surface area contributed by atoms with E-state index in [1.165, 1.54) is 34.9 Å². The minimum absolute atomic E-state index is 0.139. The minimum atomic E-state index is -0.357. The molecule has 2 bridgehead atoms. The zero-order valence-corrected chi connectivity index (χ0v) is 17.4. The number of piperidine rings is 2. The second-order valence-corrected chi connectivity index (χ2v) is 9.67. The van der Waals surface area contributed by atoms with Gasteiger partial charge in [-0.05, 0) is 67.6 Å². The van der Waals surface area contributed by atoms with Gasteiger partial charge in [-0.15, -0.1) is 0 Å². The highest BCUT2D eigenvalue weighted by Crippen LogP contribution is 2.54. The first-order chi connectivity index (χ1) is 13.9. The summed E-state index contributed by atoms with van der Waals surface area (Å²) in [7, 11) is 0. The maximum absolute atomic E-state index is 13.3. The molecule has 1 aromatic carbocycles. The van der Waals surface area contributed by atoms with Crippen LogP contribution in [0.2, 0.25) is 0 Å². The summed E-state index contributed by atoms with van der Waals surface area (Å²) in [6, 6.07) is 6.84. The molecule has 3 N–H and O–H groups in total. The summed E-state index contributed by atoms with van der Waals surface area (Å²) < 4.78 is 0. The molecule has 0 spiro atoms. The third kappa shape index (κ3) is 2.89. The van der Waals surface area contributed by atoms with E-state index in [9.17, 15) is 9.59 Å². The minimum Gasteiger partial charge on any atom is -0.369 e. The molecular weight excluding hydrogens is 362 g/mol. The Labute approximate surface area is 172 Å². The first kappa shape index (κ1) is 18.7. The maximum Gasteiger partial charge on any atom is 0.223 e. The Morgan fingerprint density at radius 2 is 2.03 bits per heavy atom. The lowest BCUT2D eigenvalue weighted by molar-refractivity contribution is -0.167. The number of hydrogen-bond acceptors (Lipinski definition) is 2. The second kappa shape index (κ2) is 6.61. The van der Waals surface area contributed by atoms with Crippen LogP contribution in [0.1, 0.15) is 81.8 Å². The molecule has 2 saturated heterocycles. The molecule has 2 aliphatic carbocycles. The lowest BCUT2D eigenvalue weighted by Gasteiger charge is -2.59. The Kier molecular flexibility index (Phi) is 4.27. The first-order valence-electron chi connectivity index (χ1n) is 11.1. The van der Waals surface area contributed by atoms with Crippen molar-refractivity contribution in [2.24, 2.45) is 11.1 Å². The van der Waals surface area contributed by atoms with E-state index >= 15 is 0 Å². The first-order valence-corrected chi connectivity index (χ1v) is 11.1. The third-order valence-corrected chi connectivity index (χ3v) is 7.75. The van der Waals surface area contributed by atoms with Gasteiger partial charge in [0.1, 0.15) is 0 Å². The molecular formula is C24H31N3O2. The summed E-state index contributed by atoms with van der Waals surface area (Å²) in [5, 5.41) is 1.33. The van der Waals surface area contributed by atoms with Crippen molar-refractivity contribution in [1.29, 1.82) is 0 Å². The second-order valence-electron chi connectivity index (χ2n) is 9.67. The highest BCUT2D eigenvalue weighted by Gasteiger charge is 2.58. The number of amides is 2. The van der Waals surface area contributed by atoms with Crippen LogP contribution in [0.3, 0.4) is 0 Å². The Morgan fingerprint density at radius 3 is 2.69 bits per heavy atom. The van der Waals surface area contributed by atoms with Gasteiger partial charge in [-0.3, -0.25) is 9.59 Å². The van der Waals surface area contributed by atoms with Crippen molar-refractivity contribution in [2.75, 3.05) is 0 Å². The summed E-state index contributed by atoms with van der Waals surface area (Å²) in [5.41, 5.74) is 9.20. The molecule has 5 nitrogen and oxygen atoms in total. The van der Waals surface area contributed by atoms with Gasteiger partial charge < -0.3 is 15.6 Å². The summed E-state index contributed by atoms with van der Waals surface area (Å²) in [4.78, 5) is 30.8. The average Bonchev–Trinajstić information content (AvgIpc) is 3.44. The van der Waals surface area contributed by atoms with E-state index in [0.717, 1.165) is 25.7 Å². The van der Waals surface area contributed by atoms with E-state index in [1.54, 1.807) is 0 Å². The number of nitrogens with two attached hydrogens (primary N) is 1. The van der Waals surface area contributed by atoms with Crippen LogP contribution in [0.4, 0.5) is 0 Å². The standard InChI is InChI=1S/C24H31N3O2/c1-3-16-10-24(23(25)29)11-17(12-24)27(16)21(28)9-14(2)19-13-26-20-6-4-5-18(22(19)20)15-7-8-15/h4-6,13-17,26H,3,7-12H2,1-2H3,(H2,25,29). The van der Waals surface area contributed by atoms with Gasteiger partial charge in [0.05, 0.1) is 5.41 Å². The van der Waals surface area contributed by atoms with Gasteiger partial charge in [-0.1, -0.05) is 26.0 Å². The van der Waals surface area contributed by atoms with Crippen LogP contribution in [-0.4, -0.2) is 33.8 Å². The molecule has 2 aliphatic heterocycles. The SMILES string of the molecule is CCC1CC2(C(N)=O)CC(C2)N1C(=O)CC(C)c1c[nH]c2cccc(C3CC3)c12. The number of primary amides is 1. The van der Waals surface area contributed by atoms with Gasteiger partial charge in [0, 0.05) is 35.6 Å². The fourth-order valence-corrected chi connectivity index (χ4v) is 5.94. The molecule has 2 amide bonds. The smallest absolute Gasteiger partial charge is 0.223 e. The molecule has 2 atom stereocenters. The van der Waals surface area contributed by atoms with Crippen LogP contribution in [0.25, 0.3) is 10.9 Å². The predicted octanol–water partition coefficient (Wildman–Crippen LogP) is 4.18. The van der Waals surface area contributed by atoms with Crippen molar-refractivity contribution in [3.05, 3.63) is 35.5 Å². The number of benzene rings is 1. The van der Waals surface area contributed by atoms with Gasteiger partial charge in [-0.25, -0.2) is 0 Å². The van der Waals surface area contributed by atoms with Crippen LogP contribution >= 0.6 is 0 Å².